The van der Waals surface area contributed by atoms with Gasteiger partial charge in [0, 0.05) is 18.3 Å². The average molecular weight is 370 g/mol. The molecule has 0 bridgehead atoms. The van der Waals surface area contributed by atoms with Crippen LogP contribution >= 0.6 is 23.2 Å². The van der Waals surface area contributed by atoms with E-state index in [4.69, 9.17) is 27.9 Å². The van der Waals surface area contributed by atoms with Crippen molar-refractivity contribution in [3.05, 3.63) is 58.2 Å². The van der Waals surface area contributed by atoms with Crippen molar-refractivity contribution in [1.29, 1.82) is 0 Å². The predicted molar refractivity (Wildman–Crippen MR) is 88.0 cm³/mol. The normalized spacial score (nSPS) is 10.9. The quantitative estimate of drug-likeness (QED) is 0.663. The number of ether oxygens (including phenoxy) is 1. The van der Waals surface area contributed by atoms with Gasteiger partial charge in [-0.2, -0.15) is 0 Å². The van der Waals surface area contributed by atoms with Crippen LogP contribution in [0.1, 0.15) is 5.69 Å². The Labute approximate surface area is 146 Å². The molecule has 0 N–H and O–H groups in total. The van der Waals surface area contributed by atoms with E-state index in [-0.39, 0.29) is 22.3 Å². The lowest BCUT2D eigenvalue weighted by Gasteiger charge is -2.13. The molecule has 8 heteroatoms. The lowest BCUT2D eigenvalue weighted by Crippen LogP contribution is -2.02. The van der Waals surface area contributed by atoms with Gasteiger partial charge in [-0.1, -0.05) is 11.6 Å². The molecular formula is C16H11Cl2F2N3O. The zero-order chi connectivity index (χ0) is 17.4. The molecule has 0 spiro atoms. The first-order valence-electron chi connectivity index (χ1n) is 6.81. The number of benzene rings is 1. The molecule has 1 aromatic carbocycles. The van der Waals surface area contributed by atoms with Crippen molar-refractivity contribution in [2.45, 2.75) is 6.92 Å². The smallest absolute Gasteiger partial charge is 0.208 e. The first kappa shape index (κ1) is 16.7. The summed E-state index contributed by atoms with van der Waals surface area (Å²) >= 11 is 12.1. The number of halogens is 4. The summed E-state index contributed by atoms with van der Waals surface area (Å²) in [7, 11) is 1.33. The molecule has 0 atom stereocenters. The molecule has 0 aliphatic heterocycles. The van der Waals surface area contributed by atoms with Crippen LogP contribution in [0.15, 0.2) is 30.6 Å². The molecule has 0 unspecified atom stereocenters. The van der Waals surface area contributed by atoms with Gasteiger partial charge in [-0.05, 0) is 24.6 Å². The highest BCUT2D eigenvalue weighted by atomic mass is 35.5. The maximum Gasteiger partial charge on any atom is 0.208 e. The van der Waals surface area contributed by atoms with Crippen LogP contribution in [0.25, 0.3) is 16.9 Å². The zero-order valence-corrected chi connectivity index (χ0v) is 14.2. The van der Waals surface area contributed by atoms with Crippen LogP contribution in [0.3, 0.4) is 0 Å². The van der Waals surface area contributed by atoms with Crippen molar-refractivity contribution in [3.63, 3.8) is 0 Å². The third-order valence-corrected chi connectivity index (χ3v) is 3.91. The Bertz CT molecular complexity index is 905. The minimum absolute atomic E-state index is 0.0428. The summed E-state index contributed by atoms with van der Waals surface area (Å²) in [5.41, 5.74) is 0.732. The maximum atomic E-state index is 14.5. The molecule has 124 valence electrons. The lowest BCUT2D eigenvalue weighted by molar-refractivity contribution is 0.407. The van der Waals surface area contributed by atoms with Gasteiger partial charge in [-0.25, -0.2) is 13.8 Å². The number of hydrogen-bond donors (Lipinski definition) is 0. The second-order valence-corrected chi connectivity index (χ2v) is 5.75. The molecule has 2 heterocycles. The SMILES string of the molecule is COc1cc(F)c(-c2c(C)nc(Cl)n2-c2cncc(Cl)c2)c(F)c1. The fraction of sp³-hybridized carbons (Fsp3) is 0.125. The van der Waals surface area contributed by atoms with Gasteiger partial charge in [0.1, 0.15) is 17.4 Å². The van der Waals surface area contributed by atoms with E-state index in [1.807, 2.05) is 0 Å². The summed E-state index contributed by atoms with van der Waals surface area (Å²) < 4.78 is 35.3. The predicted octanol–water partition coefficient (Wildman–Crippen LogP) is 4.84. The number of nitrogens with zero attached hydrogens (tertiary/aromatic N) is 3. The second-order valence-electron chi connectivity index (χ2n) is 4.98. The van der Waals surface area contributed by atoms with E-state index in [0.717, 1.165) is 12.1 Å². The van der Waals surface area contributed by atoms with E-state index in [2.05, 4.69) is 9.97 Å². The third-order valence-electron chi connectivity index (χ3n) is 3.45. The molecule has 3 rings (SSSR count). The molecule has 0 amide bonds. The summed E-state index contributed by atoms with van der Waals surface area (Å²) in [5, 5.41) is 0.401. The molecular weight excluding hydrogens is 359 g/mol. The van der Waals surface area contributed by atoms with Crippen LogP contribution in [0.4, 0.5) is 8.78 Å². The van der Waals surface area contributed by atoms with Gasteiger partial charge in [0.2, 0.25) is 5.28 Å². The van der Waals surface area contributed by atoms with Crippen molar-refractivity contribution in [2.24, 2.45) is 0 Å². The number of rotatable bonds is 3. The van der Waals surface area contributed by atoms with Crippen molar-refractivity contribution < 1.29 is 13.5 Å². The van der Waals surface area contributed by atoms with Crippen LogP contribution in [0.2, 0.25) is 10.3 Å². The highest BCUT2D eigenvalue weighted by Gasteiger charge is 2.23. The van der Waals surface area contributed by atoms with E-state index in [1.54, 1.807) is 13.0 Å². The standard InChI is InChI=1S/C16H11Cl2F2N3O/c1-8-15(14-12(19)4-11(24-2)5-13(14)20)23(16(18)22-8)10-3-9(17)6-21-7-10/h3-7H,1-2H3. The summed E-state index contributed by atoms with van der Waals surface area (Å²) in [6.07, 6.45) is 2.92. The second kappa shape index (κ2) is 6.37. The monoisotopic (exact) mass is 369 g/mol. The van der Waals surface area contributed by atoms with E-state index in [9.17, 15) is 8.78 Å². The van der Waals surface area contributed by atoms with Crippen LogP contribution < -0.4 is 4.74 Å². The van der Waals surface area contributed by atoms with Gasteiger partial charge in [0.15, 0.2) is 0 Å². The number of imidazole rings is 1. The van der Waals surface area contributed by atoms with Gasteiger partial charge >= 0.3 is 0 Å². The molecule has 4 nitrogen and oxygen atoms in total. The lowest BCUT2D eigenvalue weighted by atomic mass is 10.1. The first-order valence-corrected chi connectivity index (χ1v) is 7.57. The molecule has 0 saturated heterocycles. The Hall–Kier alpha value is -2.18. The number of pyridine rings is 1. The van der Waals surface area contributed by atoms with E-state index >= 15 is 0 Å². The van der Waals surface area contributed by atoms with Crippen molar-refractivity contribution in [3.8, 4) is 22.7 Å². The molecule has 0 saturated carbocycles. The molecule has 24 heavy (non-hydrogen) atoms. The summed E-state index contributed by atoms with van der Waals surface area (Å²) in [6, 6.07) is 3.77. The van der Waals surface area contributed by atoms with Gasteiger partial charge in [-0.3, -0.25) is 9.55 Å². The highest BCUT2D eigenvalue weighted by Crippen LogP contribution is 2.35. The Morgan fingerprint density at radius 2 is 1.75 bits per heavy atom. The van der Waals surface area contributed by atoms with Crippen LogP contribution in [-0.2, 0) is 0 Å². The summed E-state index contributed by atoms with van der Waals surface area (Å²) in [6.45, 7) is 1.61. The van der Waals surface area contributed by atoms with Gasteiger partial charge < -0.3 is 4.74 Å². The van der Waals surface area contributed by atoms with Crippen LogP contribution in [-0.4, -0.2) is 21.6 Å². The maximum absolute atomic E-state index is 14.5. The van der Waals surface area contributed by atoms with E-state index in [0.29, 0.717) is 16.4 Å². The Kier molecular flexibility index (Phi) is 4.43. The molecule has 0 aliphatic carbocycles. The molecule has 2 aromatic heterocycles. The van der Waals surface area contributed by atoms with Gasteiger partial charge in [0.25, 0.3) is 0 Å². The fourth-order valence-electron chi connectivity index (χ4n) is 2.44. The molecule has 0 radical (unpaired) electrons. The van der Waals surface area contributed by atoms with Gasteiger partial charge in [0.05, 0.1) is 41.0 Å². The largest absolute Gasteiger partial charge is 0.497 e. The zero-order valence-electron chi connectivity index (χ0n) is 12.6. The Morgan fingerprint density at radius 1 is 1.08 bits per heavy atom. The average Bonchev–Trinajstić information content (AvgIpc) is 2.81. The molecule has 0 fully saturated rings. The highest BCUT2D eigenvalue weighted by molar-refractivity contribution is 6.30. The topological polar surface area (TPSA) is 39.9 Å². The first-order chi connectivity index (χ1) is 11.4. The molecule has 0 aliphatic rings. The fourth-order valence-corrected chi connectivity index (χ4v) is 2.92. The Morgan fingerprint density at radius 3 is 2.33 bits per heavy atom. The Balaban J connectivity index is 2.31. The minimum Gasteiger partial charge on any atom is -0.497 e. The number of methoxy groups -OCH3 is 1. The van der Waals surface area contributed by atoms with Crippen LogP contribution in [0.5, 0.6) is 5.75 Å². The summed E-state index contributed by atoms with van der Waals surface area (Å²) in [4.78, 5) is 8.08. The van der Waals surface area contributed by atoms with Crippen LogP contribution in [0, 0.1) is 18.6 Å². The minimum atomic E-state index is -0.789. The third kappa shape index (κ3) is 2.83. The number of aryl methyl sites for hydroxylation is 1. The van der Waals surface area contributed by atoms with Crippen molar-refractivity contribution in [2.75, 3.05) is 7.11 Å². The van der Waals surface area contributed by atoms with Crippen molar-refractivity contribution >= 4 is 23.2 Å². The number of aromatic nitrogens is 3. The summed E-state index contributed by atoms with van der Waals surface area (Å²) in [5.74, 6) is -1.50. The van der Waals surface area contributed by atoms with Crippen molar-refractivity contribution in [1.82, 2.24) is 14.5 Å². The number of hydrogen-bond acceptors (Lipinski definition) is 3. The molecule has 3 aromatic rings. The van der Waals surface area contributed by atoms with Gasteiger partial charge in [-0.15, -0.1) is 0 Å². The van der Waals surface area contributed by atoms with E-state index < -0.39 is 11.6 Å². The van der Waals surface area contributed by atoms with E-state index in [1.165, 1.54) is 24.1 Å².